The number of ether oxygens (including phenoxy) is 3. The van der Waals surface area contributed by atoms with Gasteiger partial charge in [0.05, 0.1) is 31.2 Å². The summed E-state index contributed by atoms with van der Waals surface area (Å²) in [7, 11) is 1.20. The molecule has 0 N–H and O–H groups in total. The second-order valence-electron chi connectivity index (χ2n) is 6.82. The third-order valence-corrected chi connectivity index (χ3v) is 4.86. The molecule has 0 aliphatic carbocycles. The van der Waals surface area contributed by atoms with Crippen molar-refractivity contribution in [1.29, 1.82) is 0 Å². The maximum Gasteiger partial charge on any atom is 0.388 e. The van der Waals surface area contributed by atoms with Gasteiger partial charge in [0.15, 0.2) is 6.61 Å². The molecule has 0 radical (unpaired) electrons. The van der Waals surface area contributed by atoms with Crippen molar-refractivity contribution in [1.82, 2.24) is 9.97 Å². The molecule has 0 atom stereocenters. The van der Waals surface area contributed by atoms with E-state index in [0.29, 0.717) is 28.1 Å². The molecule has 8 nitrogen and oxygen atoms in total. The van der Waals surface area contributed by atoms with Gasteiger partial charge in [-0.15, -0.1) is 0 Å². The first-order valence-electron chi connectivity index (χ1n) is 9.57. The van der Waals surface area contributed by atoms with Crippen LogP contribution in [0.15, 0.2) is 48.8 Å². The van der Waals surface area contributed by atoms with Crippen molar-refractivity contribution < 1.29 is 37.0 Å². The Balaban J connectivity index is 1.67. The summed E-state index contributed by atoms with van der Waals surface area (Å²) in [5.41, 5.74) is 2.02. The van der Waals surface area contributed by atoms with Crippen LogP contribution in [0.25, 0.3) is 11.3 Å². The maximum absolute atomic E-state index is 13.9. The molecule has 0 spiro atoms. The molecule has 0 bridgehead atoms. The van der Waals surface area contributed by atoms with Gasteiger partial charge in [-0.3, -0.25) is 9.78 Å². The zero-order valence-corrected chi connectivity index (χ0v) is 17.1. The van der Waals surface area contributed by atoms with Crippen LogP contribution in [0.3, 0.4) is 0 Å². The van der Waals surface area contributed by atoms with Crippen LogP contribution in [0.1, 0.15) is 15.9 Å². The summed E-state index contributed by atoms with van der Waals surface area (Å²) in [6.07, 6.45) is 2.68. The van der Waals surface area contributed by atoms with Gasteiger partial charge in [-0.25, -0.2) is 14.2 Å². The molecule has 33 heavy (non-hydrogen) atoms. The van der Waals surface area contributed by atoms with Gasteiger partial charge in [0.25, 0.3) is 5.91 Å². The maximum atomic E-state index is 13.9. The molecule has 170 valence electrons. The number of aromatic nitrogens is 2. The van der Waals surface area contributed by atoms with Gasteiger partial charge in [-0.05, 0) is 24.3 Å². The summed E-state index contributed by atoms with van der Waals surface area (Å²) in [4.78, 5) is 34.0. The number of alkyl halides is 2. The molecule has 11 heteroatoms. The van der Waals surface area contributed by atoms with E-state index in [9.17, 15) is 22.8 Å². The minimum atomic E-state index is -3.01. The number of methoxy groups -OCH3 is 1. The van der Waals surface area contributed by atoms with Crippen molar-refractivity contribution >= 4 is 17.6 Å². The summed E-state index contributed by atoms with van der Waals surface area (Å²) < 4.78 is 52.8. The third-order valence-electron chi connectivity index (χ3n) is 4.86. The average molecular weight is 459 g/mol. The monoisotopic (exact) mass is 459 g/mol. The number of rotatable bonds is 7. The lowest BCUT2D eigenvalue weighted by atomic mass is 10.0. The van der Waals surface area contributed by atoms with Gasteiger partial charge in [0.2, 0.25) is 5.88 Å². The number of hydrogen-bond donors (Lipinski definition) is 0. The van der Waals surface area contributed by atoms with E-state index in [2.05, 4.69) is 19.4 Å². The van der Waals surface area contributed by atoms with Gasteiger partial charge in [-0.1, -0.05) is 0 Å². The van der Waals surface area contributed by atoms with Crippen LogP contribution < -0.4 is 14.4 Å². The molecule has 4 rings (SSSR count). The van der Waals surface area contributed by atoms with Crippen molar-refractivity contribution in [3.05, 3.63) is 65.7 Å². The Kier molecular flexibility index (Phi) is 6.11. The van der Waals surface area contributed by atoms with E-state index in [1.165, 1.54) is 48.7 Å². The number of anilines is 1. The van der Waals surface area contributed by atoms with Gasteiger partial charge in [-0.2, -0.15) is 8.78 Å². The molecule has 1 aliphatic heterocycles. The molecular weight excluding hydrogens is 443 g/mol. The Bertz CT molecular complexity index is 1200. The van der Waals surface area contributed by atoms with Crippen molar-refractivity contribution in [3.8, 4) is 22.9 Å². The highest BCUT2D eigenvalue weighted by Gasteiger charge is 2.32. The molecule has 1 aliphatic rings. The van der Waals surface area contributed by atoms with E-state index in [0.717, 1.165) is 6.07 Å². The first kappa shape index (κ1) is 22.1. The van der Waals surface area contributed by atoms with Crippen LogP contribution in [-0.2, 0) is 16.1 Å². The quantitative estimate of drug-likeness (QED) is 0.499. The molecule has 0 fully saturated rings. The Morgan fingerprint density at radius 3 is 2.67 bits per heavy atom. The van der Waals surface area contributed by atoms with Crippen molar-refractivity contribution in [2.75, 3.05) is 18.6 Å². The first-order chi connectivity index (χ1) is 15.9. The molecule has 3 aromatic rings. The van der Waals surface area contributed by atoms with E-state index in [1.807, 2.05) is 0 Å². The summed E-state index contributed by atoms with van der Waals surface area (Å²) in [6, 6.07) is 7.97. The minimum Gasteiger partial charge on any atom is -0.481 e. The fourth-order valence-electron chi connectivity index (χ4n) is 3.37. The SMILES string of the molecule is COC(=O)COc1cc(F)ccc1-c1nccc2c1CN(c1ccc(OC(F)F)nc1)C2=O. The van der Waals surface area contributed by atoms with Crippen LogP contribution in [0.4, 0.5) is 18.9 Å². The smallest absolute Gasteiger partial charge is 0.388 e. The summed E-state index contributed by atoms with van der Waals surface area (Å²) in [5, 5.41) is 0. The van der Waals surface area contributed by atoms with Crippen LogP contribution in [-0.4, -0.2) is 42.2 Å². The van der Waals surface area contributed by atoms with Crippen molar-refractivity contribution in [2.45, 2.75) is 13.2 Å². The Labute approximate surface area is 185 Å². The number of fused-ring (bicyclic) bond motifs is 1. The normalized spacial score (nSPS) is 12.6. The number of amides is 1. The molecule has 0 unspecified atom stereocenters. The molecule has 1 amide bonds. The van der Waals surface area contributed by atoms with E-state index in [4.69, 9.17) is 4.74 Å². The number of halogens is 3. The molecule has 0 saturated heterocycles. The fraction of sp³-hybridized carbons (Fsp3) is 0.182. The Morgan fingerprint density at radius 2 is 1.97 bits per heavy atom. The summed E-state index contributed by atoms with van der Waals surface area (Å²) in [6.45, 7) is -3.35. The number of nitrogens with zero attached hydrogens (tertiary/aromatic N) is 3. The van der Waals surface area contributed by atoms with E-state index in [1.54, 1.807) is 6.07 Å². The molecular formula is C22H16F3N3O5. The predicted molar refractivity (Wildman–Crippen MR) is 109 cm³/mol. The lowest BCUT2D eigenvalue weighted by Crippen LogP contribution is -2.23. The van der Waals surface area contributed by atoms with Gasteiger partial charge in [0, 0.05) is 35.0 Å². The van der Waals surface area contributed by atoms with Crippen molar-refractivity contribution in [2.24, 2.45) is 0 Å². The standard InChI is InChI=1S/C22H16F3N3O5/c1-31-19(29)11-32-17-8-12(23)2-4-15(17)20-16-10-28(21(30)14(16)6-7-26-20)13-3-5-18(27-9-13)33-22(24)25/h2-9,22H,10-11H2,1H3. The lowest BCUT2D eigenvalue weighted by Gasteiger charge is -2.16. The summed E-state index contributed by atoms with van der Waals surface area (Å²) in [5.74, 6) is -1.80. The highest BCUT2D eigenvalue weighted by molar-refractivity contribution is 6.11. The second kappa shape index (κ2) is 9.15. The number of esters is 1. The van der Waals surface area contributed by atoms with E-state index >= 15 is 0 Å². The number of benzene rings is 1. The topological polar surface area (TPSA) is 90.8 Å². The zero-order valence-electron chi connectivity index (χ0n) is 17.1. The van der Waals surface area contributed by atoms with Gasteiger partial charge >= 0.3 is 12.6 Å². The Hall–Kier alpha value is -4.15. The third kappa shape index (κ3) is 4.56. The molecule has 0 saturated carbocycles. The largest absolute Gasteiger partial charge is 0.481 e. The summed E-state index contributed by atoms with van der Waals surface area (Å²) >= 11 is 0. The molecule has 2 aromatic heterocycles. The second-order valence-corrected chi connectivity index (χ2v) is 6.82. The van der Waals surface area contributed by atoms with Crippen molar-refractivity contribution in [3.63, 3.8) is 0 Å². The zero-order chi connectivity index (χ0) is 23.5. The number of carbonyl (C=O) groups excluding carboxylic acids is 2. The fourth-order valence-corrected chi connectivity index (χ4v) is 3.37. The van der Waals surface area contributed by atoms with Gasteiger partial charge in [0.1, 0.15) is 11.6 Å². The Morgan fingerprint density at radius 1 is 1.15 bits per heavy atom. The number of hydrogen-bond acceptors (Lipinski definition) is 7. The van der Waals surface area contributed by atoms with Crippen LogP contribution in [0.5, 0.6) is 11.6 Å². The lowest BCUT2D eigenvalue weighted by molar-refractivity contribution is -0.142. The average Bonchev–Trinajstić information content (AvgIpc) is 3.14. The molecule has 3 heterocycles. The van der Waals surface area contributed by atoms with Gasteiger partial charge < -0.3 is 19.1 Å². The van der Waals surface area contributed by atoms with E-state index in [-0.39, 0.29) is 24.1 Å². The first-order valence-corrected chi connectivity index (χ1v) is 9.57. The van der Waals surface area contributed by atoms with Crippen LogP contribution in [0.2, 0.25) is 0 Å². The minimum absolute atomic E-state index is 0.0577. The predicted octanol–water partition coefficient (Wildman–Crippen LogP) is 3.60. The van der Waals surface area contributed by atoms with Crippen LogP contribution in [0, 0.1) is 5.82 Å². The highest BCUT2D eigenvalue weighted by Crippen LogP contribution is 2.37. The van der Waals surface area contributed by atoms with Crippen LogP contribution >= 0.6 is 0 Å². The molecule has 1 aromatic carbocycles. The highest BCUT2D eigenvalue weighted by atomic mass is 19.3. The number of carbonyl (C=O) groups is 2. The van der Waals surface area contributed by atoms with E-state index < -0.39 is 25.0 Å². The number of pyridine rings is 2.